The second kappa shape index (κ2) is 4.37. The predicted molar refractivity (Wildman–Crippen MR) is 65.7 cm³/mol. The SMILES string of the molecule is Nc1ccccc1C(=O)c1ccc(Cl)cc1. The van der Waals surface area contributed by atoms with Gasteiger partial charge in [-0.1, -0.05) is 23.7 Å². The van der Waals surface area contributed by atoms with Crippen molar-refractivity contribution in [3.63, 3.8) is 0 Å². The number of nitrogens with two attached hydrogens (primary N) is 1. The van der Waals surface area contributed by atoms with E-state index in [1.54, 1.807) is 48.5 Å². The molecule has 0 aliphatic rings. The van der Waals surface area contributed by atoms with Crippen LogP contribution >= 0.6 is 11.6 Å². The first-order valence-corrected chi connectivity index (χ1v) is 5.21. The number of carbonyl (C=O) groups is 1. The summed E-state index contributed by atoms with van der Waals surface area (Å²) in [4.78, 5) is 12.1. The lowest BCUT2D eigenvalue weighted by Crippen LogP contribution is -2.04. The summed E-state index contributed by atoms with van der Waals surface area (Å²) >= 11 is 5.76. The van der Waals surface area contributed by atoms with Gasteiger partial charge < -0.3 is 5.73 Å². The molecule has 0 aromatic heterocycles. The molecule has 2 rings (SSSR count). The van der Waals surface area contributed by atoms with Gasteiger partial charge in [0.2, 0.25) is 0 Å². The number of para-hydroxylation sites is 1. The van der Waals surface area contributed by atoms with Crippen LogP contribution in [0.4, 0.5) is 5.69 Å². The van der Waals surface area contributed by atoms with Crippen LogP contribution in [0.15, 0.2) is 48.5 Å². The minimum Gasteiger partial charge on any atom is -0.398 e. The first-order valence-electron chi connectivity index (χ1n) is 4.83. The summed E-state index contributed by atoms with van der Waals surface area (Å²) in [6, 6.07) is 13.8. The molecule has 2 aromatic carbocycles. The summed E-state index contributed by atoms with van der Waals surface area (Å²) in [5, 5.41) is 0.609. The number of benzene rings is 2. The topological polar surface area (TPSA) is 43.1 Å². The van der Waals surface area contributed by atoms with Crippen LogP contribution in [0.1, 0.15) is 15.9 Å². The van der Waals surface area contributed by atoms with Crippen molar-refractivity contribution in [2.75, 3.05) is 5.73 Å². The first-order chi connectivity index (χ1) is 7.68. The maximum Gasteiger partial charge on any atom is 0.195 e. The maximum atomic E-state index is 12.1. The number of hydrogen-bond donors (Lipinski definition) is 1. The summed E-state index contributed by atoms with van der Waals surface area (Å²) in [6.07, 6.45) is 0. The zero-order valence-corrected chi connectivity index (χ0v) is 9.24. The van der Waals surface area contributed by atoms with E-state index < -0.39 is 0 Å². The lowest BCUT2D eigenvalue weighted by atomic mass is 10.0. The minimum absolute atomic E-state index is 0.0882. The van der Waals surface area contributed by atoms with Gasteiger partial charge in [0.25, 0.3) is 0 Å². The fraction of sp³-hybridized carbons (Fsp3) is 0. The van der Waals surface area contributed by atoms with E-state index in [9.17, 15) is 4.79 Å². The Morgan fingerprint density at radius 3 is 2.25 bits per heavy atom. The van der Waals surface area contributed by atoms with E-state index in [0.717, 1.165) is 0 Å². The van der Waals surface area contributed by atoms with Crippen molar-refractivity contribution in [1.29, 1.82) is 0 Å². The Balaban J connectivity index is 2.40. The van der Waals surface area contributed by atoms with Crippen molar-refractivity contribution in [2.45, 2.75) is 0 Å². The molecule has 0 amide bonds. The van der Waals surface area contributed by atoms with Gasteiger partial charge in [-0.05, 0) is 36.4 Å². The number of ketones is 1. The third-order valence-electron chi connectivity index (χ3n) is 2.31. The zero-order chi connectivity index (χ0) is 11.5. The predicted octanol–water partition coefficient (Wildman–Crippen LogP) is 3.15. The molecule has 0 spiro atoms. The van der Waals surface area contributed by atoms with E-state index in [-0.39, 0.29) is 5.78 Å². The largest absolute Gasteiger partial charge is 0.398 e. The molecule has 16 heavy (non-hydrogen) atoms. The Bertz CT molecular complexity index is 520. The Labute approximate surface area is 98.7 Å². The summed E-state index contributed by atoms with van der Waals surface area (Å²) in [5.74, 6) is -0.0882. The van der Waals surface area contributed by atoms with Gasteiger partial charge in [0.05, 0.1) is 0 Å². The molecule has 2 nitrogen and oxygen atoms in total. The Morgan fingerprint density at radius 2 is 1.62 bits per heavy atom. The number of halogens is 1. The molecule has 0 aliphatic carbocycles. The zero-order valence-electron chi connectivity index (χ0n) is 8.48. The Morgan fingerprint density at radius 1 is 1.00 bits per heavy atom. The molecule has 0 saturated heterocycles. The van der Waals surface area contributed by atoms with E-state index in [1.807, 2.05) is 0 Å². The molecule has 2 N–H and O–H groups in total. The molecule has 0 saturated carbocycles. The average molecular weight is 232 g/mol. The van der Waals surface area contributed by atoms with Gasteiger partial charge in [0.1, 0.15) is 0 Å². The van der Waals surface area contributed by atoms with Crippen molar-refractivity contribution in [2.24, 2.45) is 0 Å². The molecule has 2 aromatic rings. The van der Waals surface area contributed by atoms with Crippen LogP contribution in [0.2, 0.25) is 5.02 Å². The smallest absolute Gasteiger partial charge is 0.195 e. The number of hydrogen-bond acceptors (Lipinski definition) is 2. The molecule has 0 unspecified atom stereocenters. The van der Waals surface area contributed by atoms with Crippen LogP contribution in [0.5, 0.6) is 0 Å². The van der Waals surface area contributed by atoms with Crippen molar-refractivity contribution in [3.05, 3.63) is 64.7 Å². The van der Waals surface area contributed by atoms with Gasteiger partial charge in [0, 0.05) is 21.8 Å². The molecule has 0 aliphatic heterocycles. The van der Waals surface area contributed by atoms with Gasteiger partial charge in [-0.15, -0.1) is 0 Å². The highest BCUT2D eigenvalue weighted by atomic mass is 35.5. The van der Waals surface area contributed by atoms with E-state index >= 15 is 0 Å². The lowest BCUT2D eigenvalue weighted by molar-refractivity contribution is 0.103. The number of anilines is 1. The van der Waals surface area contributed by atoms with E-state index in [4.69, 9.17) is 17.3 Å². The van der Waals surface area contributed by atoms with Crippen molar-refractivity contribution in [3.8, 4) is 0 Å². The third-order valence-corrected chi connectivity index (χ3v) is 2.56. The quantitative estimate of drug-likeness (QED) is 0.637. The van der Waals surface area contributed by atoms with Gasteiger partial charge in [-0.25, -0.2) is 0 Å². The van der Waals surface area contributed by atoms with Crippen LogP contribution in [0, 0.1) is 0 Å². The highest BCUT2D eigenvalue weighted by Gasteiger charge is 2.10. The van der Waals surface area contributed by atoms with Gasteiger partial charge >= 0.3 is 0 Å². The van der Waals surface area contributed by atoms with E-state index in [1.165, 1.54) is 0 Å². The highest BCUT2D eigenvalue weighted by molar-refractivity contribution is 6.30. The molecule has 0 bridgehead atoms. The molecule has 3 heteroatoms. The summed E-state index contributed by atoms with van der Waals surface area (Å²) in [5.41, 5.74) is 7.33. The summed E-state index contributed by atoms with van der Waals surface area (Å²) in [6.45, 7) is 0. The fourth-order valence-corrected chi connectivity index (χ4v) is 1.59. The molecule has 0 fully saturated rings. The molecule has 0 heterocycles. The lowest BCUT2D eigenvalue weighted by Gasteiger charge is -2.04. The molecule has 0 atom stereocenters. The summed E-state index contributed by atoms with van der Waals surface area (Å²) < 4.78 is 0. The van der Waals surface area contributed by atoms with Crippen LogP contribution in [0.25, 0.3) is 0 Å². The molecule has 0 radical (unpaired) electrons. The highest BCUT2D eigenvalue weighted by Crippen LogP contribution is 2.17. The minimum atomic E-state index is -0.0882. The molecular formula is C13H10ClNO. The van der Waals surface area contributed by atoms with Crippen LogP contribution in [-0.2, 0) is 0 Å². The van der Waals surface area contributed by atoms with Gasteiger partial charge in [-0.3, -0.25) is 4.79 Å². The first kappa shape index (κ1) is 10.7. The normalized spacial score (nSPS) is 10.1. The van der Waals surface area contributed by atoms with E-state index in [0.29, 0.717) is 21.8 Å². The molecular weight excluding hydrogens is 222 g/mol. The second-order valence-electron chi connectivity index (χ2n) is 3.42. The van der Waals surface area contributed by atoms with E-state index in [2.05, 4.69) is 0 Å². The van der Waals surface area contributed by atoms with Crippen LogP contribution in [-0.4, -0.2) is 5.78 Å². The number of carbonyl (C=O) groups excluding carboxylic acids is 1. The van der Waals surface area contributed by atoms with Crippen molar-refractivity contribution >= 4 is 23.1 Å². The number of nitrogen functional groups attached to an aromatic ring is 1. The standard InChI is InChI=1S/C13H10ClNO/c14-10-7-5-9(6-8-10)13(16)11-3-1-2-4-12(11)15/h1-8H,15H2. The van der Waals surface area contributed by atoms with Crippen molar-refractivity contribution < 1.29 is 4.79 Å². The van der Waals surface area contributed by atoms with Gasteiger partial charge in [0.15, 0.2) is 5.78 Å². The molecule has 80 valence electrons. The number of rotatable bonds is 2. The third kappa shape index (κ3) is 2.07. The van der Waals surface area contributed by atoms with Crippen LogP contribution in [0.3, 0.4) is 0 Å². The van der Waals surface area contributed by atoms with Crippen molar-refractivity contribution in [1.82, 2.24) is 0 Å². The second-order valence-corrected chi connectivity index (χ2v) is 3.86. The Hall–Kier alpha value is -1.80. The monoisotopic (exact) mass is 231 g/mol. The average Bonchev–Trinajstić information content (AvgIpc) is 2.30. The van der Waals surface area contributed by atoms with Crippen LogP contribution < -0.4 is 5.73 Å². The fourth-order valence-electron chi connectivity index (χ4n) is 1.46. The maximum absolute atomic E-state index is 12.1. The summed E-state index contributed by atoms with van der Waals surface area (Å²) in [7, 11) is 0. The Kier molecular flexibility index (Phi) is 2.93. The van der Waals surface area contributed by atoms with Gasteiger partial charge in [-0.2, -0.15) is 0 Å².